The van der Waals surface area contributed by atoms with Crippen molar-refractivity contribution in [2.45, 2.75) is 19.3 Å². The molecule has 1 fully saturated rings. The van der Waals surface area contributed by atoms with E-state index in [1.165, 1.54) is 28.5 Å². The van der Waals surface area contributed by atoms with Crippen molar-refractivity contribution < 1.29 is 4.79 Å². The van der Waals surface area contributed by atoms with Crippen LogP contribution < -0.4 is 10.6 Å². The molecule has 0 atom stereocenters. The standard InChI is InChI=1S/C16H20N2OS.ClH/c19-16(10-17-9-12-5-6-12)18-8-7-13-11-20-15-4-2-1-3-14(13)15;/h1-4,11-12,17H,5-10H2,(H,18,19);1H. The quantitative estimate of drug-likeness (QED) is 0.822. The first-order valence-electron chi connectivity index (χ1n) is 7.25. The largest absolute Gasteiger partial charge is 0.355 e. The van der Waals surface area contributed by atoms with Crippen LogP contribution >= 0.6 is 23.7 Å². The lowest BCUT2D eigenvalue weighted by atomic mass is 10.1. The summed E-state index contributed by atoms with van der Waals surface area (Å²) in [6, 6.07) is 8.43. The number of benzene rings is 1. The van der Waals surface area contributed by atoms with Crippen LogP contribution in [0.4, 0.5) is 0 Å². The van der Waals surface area contributed by atoms with Gasteiger partial charge in [0.2, 0.25) is 5.91 Å². The molecule has 0 radical (unpaired) electrons. The van der Waals surface area contributed by atoms with Crippen LogP contribution in [-0.4, -0.2) is 25.5 Å². The number of carbonyl (C=O) groups is 1. The Balaban J connectivity index is 0.00000161. The predicted molar refractivity (Wildman–Crippen MR) is 91.4 cm³/mol. The summed E-state index contributed by atoms with van der Waals surface area (Å²) in [4.78, 5) is 11.7. The van der Waals surface area contributed by atoms with Crippen molar-refractivity contribution in [1.82, 2.24) is 10.6 Å². The van der Waals surface area contributed by atoms with Crippen molar-refractivity contribution in [3.05, 3.63) is 35.2 Å². The minimum atomic E-state index is 0. The summed E-state index contributed by atoms with van der Waals surface area (Å²) in [7, 11) is 0. The molecular weight excluding hydrogens is 304 g/mol. The summed E-state index contributed by atoms with van der Waals surface area (Å²) in [5, 5.41) is 9.71. The Bertz CT molecular complexity index is 595. The van der Waals surface area contributed by atoms with Crippen molar-refractivity contribution in [3.8, 4) is 0 Å². The van der Waals surface area contributed by atoms with E-state index in [1.807, 2.05) is 0 Å². The first-order valence-corrected chi connectivity index (χ1v) is 8.13. The van der Waals surface area contributed by atoms with Gasteiger partial charge in [-0.05, 0) is 54.1 Å². The van der Waals surface area contributed by atoms with E-state index in [1.54, 1.807) is 11.3 Å². The van der Waals surface area contributed by atoms with Gasteiger partial charge in [-0.2, -0.15) is 0 Å². The van der Waals surface area contributed by atoms with Gasteiger partial charge >= 0.3 is 0 Å². The molecule has 0 saturated heterocycles. The van der Waals surface area contributed by atoms with Crippen LogP contribution in [0.15, 0.2) is 29.6 Å². The number of hydrogen-bond acceptors (Lipinski definition) is 3. The molecule has 2 N–H and O–H groups in total. The van der Waals surface area contributed by atoms with Gasteiger partial charge in [0.1, 0.15) is 0 Å². The molecule has 0 bridgehead atoms. The Hall–Kier alpha value is -1.10. The summed E-state index contributed by atoms with van der Waals surface area (Å²) in [6.45, 7) is 2.15. The molecule has 1 heterocycles. The maximum atomic E-state index is 11.7. The lowest BCUT2D eigenvalue weighted by Gasteiger charge is -2.06. The number of carbonyl (C=O) groups excluding carboxylic acids is 1. The van der Waals surface area contributed by atoms with Crippen LogP contribution in [-0.2, 0) is 11.2 Å². The zero-order valence-corrected chi connectivity index (χ0v) is 13.6. The van der Waals surface area contributed by atoms with E-state index < -0.39 is 0 Å². The van der Waals surface area contributed by atoms with Gasteiger partial charge in [-0.3, -0.25) is 4.79 Å². The average molecular weight is 325 g/mol. The van der Waals surface area contributed by atoms with Crippen molar-refractivity contribution in [2.75, 3.05) is 19.6 Å². The van der Waals surface area contributed by atoms with Gasteiger partial charge in [0.15, 0.2) is 0 Å². The Morgan fingerprint density at radius 1 is 1.29 bits per heavy atom. The average Bonchev–Trinajstić information content (AvgIpc) is 3.19. The summed E-state index contributed by atoms with van der Waals surface area (Å²) in [5.41, 5.74) is 1.33. The molecule has 114 valence electrons. The lowest BCUT2D eigenvalue weighted by molar-refractivity contribution is -0.120. The second-order valence-electron chi connectivity index (χ2n) is 5.43. The maximum absolute atomic E-state index is 11.7. The first-order chi connectivity index (χ1) is 9.83. The highest BCUT2D eigenvalue weighted by atomic mass is 35.5. The number of thiophene rings is 1. The Morgan fingerprint density at radius 2 is 2.10 bits per heavy atom. The fourth-order valence-corrected chi connectivity index (χ4v) is 3.33. The van der Waals surface area contributed by atoms with Gasteiger partial charge in [-0.1, -0.05) is 18.2 Å². The number of rotatable bonds is 7. The molecular formula is C16H21ClN2OS. The summed E-state index contributed by atoms with van der Waals surface area (Å²) in [5.74, 6) is 0.921. The Morgan fingerprint density at radius 3 is 2.90 bits per heavy atom. The summed E-state index contributed by atoms with van der Waals surface area (Å²) in [6.07, 6.45) is 3.54. The Labute approximate surface area is 135 Å². The van der Waals surface area contributed by atoms with Crippen molar-refractivity contribution >= 4 is 39.7 Å². The van der Waals surface area contributed by atoms with Crippen LogP contribution in [0, 0.1) is 5.92 Å². The van der Waals surface area contributed by atoms with Gasteiger partial charge in [0.05, 0.1) is 6.54 Å². The summed E-state index contributed by atoms with van der Waals surface area (Å²) >= 11 is 1.77. The molecule has 0 unspecified atom stereocenters. The molecule has 2 aromatic rings. The zero-order chi connectivity index (χ0) is 13.8. The molecule has 0 aliphatic heterocycles. The molecule has 1 amide bonds. The van der Waals surface area contributed by atoms with Crippen LogP contribution in [0.5, 0.6) is 0 Å². The van der Waals surface area contributed by atoms with E-state index in [9.17, 15) is 4.79 Å². The molecule has 1 aromatic heterocycles. The second-order valence-corrected chi connectivity index (χ2v) is 6.34. The van der Waals surface area contributed by atoms with Crippen LogP contribution in [0.25, 0.3) is 10.1 Å². The third-order valence-electron chi connectivity index (χ3n) is 3.69. The number of halogens is 1. The van der Waals surface area contributed by atoms with Crippen LogP contribution in [0.3, 0.4) is 0 Å². The Kier molecular flexibility index (Phi) is 6.03. The molecule has 5 heteroatoms. The van der Waals surface area contributed by atoms with Crippen LogP contribution in [0.2, 0.25) is 0 Å². The molecule has 3 nitrogen and oxygen atoms in total. The highest BCUT2D eigenvalue weighted by Gasteiger charge is 2.20. The van der Waals surface area contributed by atoms with Crippen molar-refractivity contribution in [1.29, 1.82) is 0 Å². The van der Waals surface area contributed by atoms with Gasteiger partial charge in [-0.15, -0.1) is 23.7 Å². The topological polar surface area (TPSA) is 41.1 Å². The van der Waals surface area contributed by atoms with E-state index in [4.69, 9.17) is 0 Å². The molecule has 1 saturated carbocycles. The van der Waals surface area contributed by atoms with E-state index in [2.05, 4.69) is 40.3 Å². The highest BCUT2D eigenvalue weighted by molar-refractivity contribution is 7.17. The van der Waals surface area contributed by atoms with E-state index in [-0.39, 0.29) is 18.3 Å². The van der Waals surface area contributed by atoms with Gasteiger partial charge < -0.3 is 10.6 Å². The normalized spacial score (nSPS) is 13.9. The predicted octanol–water partition coefficient (Wildman–Crippen LogP) is 2.98. The zero-order valence-electron chi connectivity index (χ0n) is 11.9. The number of fused-ring (bicyclic) bond motifs is 1. The van der Waals surface area contributed by atoms with Gasteiger partial charge in [0, 0.05) is 11.2 Å². The molecule has 1 aliphatic carbocycles. The molecule has 0 spiro atoms. The first kappa shape index (κ1) is 16.3. The van der Waals surface area contributed by atoms with Crippen LogP contribution in [0.1, 0.15) is 18.4 Å². The minimum absolute atomic E-state index is 0. The highest BCUT2D eigenvalue weighted by Crippen LogP contribution is 2.27. The van der Waals surface area contributed by atoms with Gasteiger partial charge in [0.25, 0.3) is 0 Å². The molecule has 3 rings (SSSR count). The number of nitrogens with one attached hydrogen (secondary N) is 2. The number of amides is 1. The van der Waals surface area contributed by atoms with E-state index in [0.717, 1.165) is 18.9 Å². The fraction of sp³-hybridized carbons (Fsp3) is 0.438. The SMILES string of the molecule is Cl.O=C(CNCC1CC1)NCCc1csc2ccccc12. The molecule has 1 aliphatic rings. The molecule has 1 aromatic carbocycles. The molecule has 21 heavy (non-hydrogen) atoms. The van der Waals surface area contributed by atoms with Crippen molar-refractivity contribution in [3.63, 3.8) is 0 Å². The van der Waals surface area contributed by atoms with E-state index >= 15 is 0 Å². The number of hydrogen-bond donors (Lipinski definition) is 2. The lowest BCUT2D eigenvalue weighted by Crippen LogP contribution is -2.35. The monoisotopic (exact) mass is 324 g/mol. The minimum Gasteiger partial charge on any atom is -0.355 e. The fourth-order valence-electron chi connectivity index (χ4n) is 2.34. The smallest absolute Gasteiger partial charge is 0.233 e. The second kappa shape index (κ2) is 7.78. The summed E-state index contributed by atoms with van der Waals surface area (Å²) < 4.78 is 1.32. The third kappa shape index (κ3) is 4.70. The van der Waals surface area contributed by atoms with E-state index in [0.29, 0.717) is 13.1 Å². The van der Waals surface area contributed by atoms with Gasteiger partial charge in [-0.25, -0.2) is 0 Å². The maximum Gasteiger partial charge on any atom is 0.233 e. The van der Waals surface area contributed by atoms with Crippen molar-refractivity contribution in [2.24, 2.45) is 5.92 Å². The third-order valence-corrected chi connectivity index (χ3v) is 4.71.